The van der Waals surface area contributed by atoms with Gasteiger partial charge in [-0.15, -0.1) is 0 Å². The zero-order chi connectivity index (χ0) is 24.7. The predicted octanol–water partition coefficient (Wildman–Crippen LogP) is 1.94. The van der Waals surface area contributed by atoms with Crippen LogP contribution >= 0.6 is 0 Å². The van der Waals surface area contributed by atoms with E-state index < -0.39 is 11.7 Å². The normalized spacial score (nSPS) is 22.0. The highest BCUT2D eigenvalue weighted by molar-refractivity contribution is 5.67. The Balaban J connectivity index is 1.35. The summed E-state index contributed by atoms with van der Waals surface area (Å²) in [4.78, 5) is 18.4. The molecular formula is C25H38N4O5. The first-order valence-electron chi connectivity index (χ1n) is 12.0. The Morgan fingerprint density at radius 2 is 1.82 bits per heavy atom. The number of amides is 1. The number of carbonyl (C=O) groups excluding carboxylic acids is 1. The molecular weight excluding hydrogens is 436 g/mol. The summed E-state index contributed by atoms with van der Waals surface area (Å²) in [5.41, 5.74) is 0.0965. The van der Waals surface area contributed by atoms with Crippen LogP contribution in [0.3, 0.4) is 0 Å². The molecule has 34 heavy (non-hydrogen) atoms. The number of nitriles is 1. The number of nitrogens with zero attached hydrogens (tertiary/aromatic N) is 4. The van der Waals surface area contributed by atoms with E-state index in [4.69, 9.17) is 19.5 Å². The second-order valence-corrected chi connectivity index (χ2v) is 10.2. The summed E-state index contributed by atoms with van der Waals surface area (Å²) in [6.45, 7) is 11.2. The second kappa shape index (κ2) is 11.8. The van der Waals surface area contributed by atoms with Gasteiger partial charge in [0.15, 0.2) is 0 Å². The Morgan fingerprint density at radius 1 is 1.21 bits per heavy atom. The third-order valence-corrected chi connectivity index (χ3v) is 5.80. The van der Waals surface area contributed by atoms with E-state index in [1.54, 1.807) is 36.2 Å². The number of hydrogen-bond donors (Lipinski definition) is 1. The van der Waals surface area contributed by atoms with Gasteiger partial charge in [0.25, 0.3) is 0 Å². The number of fused-ring (bicyclic) bond motifs is 2. The first kappa shape index (κ1) is 26.2. The summed E-state index contributed by atoms with van der Waals surface area (Å²) in [5, 5.41) is 19.3. The van der Waals surface area contributed by atoms with Crippen LogP contribution < -0.4 is 4.74 Å². The molecule has 2 bridgehead atoms. The van der Waals surface area contributed by atoms with Crippen molar-refractivity contribution in [1.29, 1.82) is 5.26 Å². The zero-order valence-electron chi connectivity index (χ0n) is 20.8. The van der Waals surface area contributed by atoms with Gasteiger partial charge < -0.3 is 24.2 Å². The van der Waals surface area contributed by atoms with Crippen LogP contribution in [0.4, 0.5) is 4.79 Å². The number of carbonyl (C=O) groups is 1. The molecule has 1 N–H and O–H groups in total. The summed E-state index contributed by atoms with van der Waals surface area (Å²) in [6, 6.07) is 8.96. The molecule has 2 aliphatic rings. The van der Waals surface area contributed by atoms with Crippen molar-refractivity contribution in [2.75, 3.05) is 59.5 Å². The Labute approximate surface area is 202 Å². The van der Waals surface area contributed by atoms with Gasteiger partial charge in [-0.1, -0.05) is 0 Å². The standard InChI is InChI=1S/C25H38N4O5/c1-25(2,3)34-24(31)27(4)10-5-11-28-14-22-16-29(17-23(15-28)33-22)13-20(30)18-32-21-8-6-19(12-26)7-9-21/h6-9,20,22-23,30H,5,10-11,13-18H2,1-4H3. The number of benzene rings is 1. The number of aliphatic hydroxyl groups is 1. The van der Waals surface area contributed by atoms with Crippen LogP contribution in [-0.4, -0.2) is 109 Å². The largest absolute Gasteiger partial charge is 0.491 e. The maximum absolute atomic E-state index is 12.1. The molecule has 0 spiro atoms. The SMILES string of the molecule is CN(CCCN1CC2CN(CC(O)COc3ccc(C#N)cc3)CC(C1)O2)C(=O)OC(C)(C)C. The van der Waals surface area contributed by atoms with Crippen LogP contribution in [0.15, 0.2) is 24.3 Å². The Morgan fingerprint density at radius 3 is 2.41 bits per heavy atom. The molecule has 1 aromatic rings. The number of morpholine rings is 2. The Kier molecular flexibility index (Phi) is 9.14. The maximum Gasteiger partial charge on any atom is 0.410 e. The molecule has 3 unspecified atom stereocenters. The van der Waals surface area contributed by atoms with Crippen molar-refractivity contribution in [1.82, 2.24) is 14.7 Å². The Bertz CT molecular complexity index is 821. The highest BCUT2D eigenvalue weighted by atomic mass is 16.6. The smallest absolute Gasteiger partial charge is 0.410 e. The molecule has 0 radical (unpaired) electrons. The zero-order valence-corrected chi connectivity index (χ0v) is 20.8. The summed E-state index contributed by atoms with van der Waals surface area (Å²) in [7, 11) is 1.77. The first-order valence-corrected chi connectivity index (χ1v) is 12.0. The number of β-amino-alcohol motifs (C(OH)–C–C–N with tert-alkyl or cyclic N) is 1. The average molecular weight is 475 g/mol. The molecule has 0 saturated carbocycles. The first-order chi connectivity index (χ1) is 16.1. The van der Waals surface area contributed by atoms with Crippen molar-refractivity contribution in [3.63, 3.8) is 0 Å². The number of hydrogen-bond acceptors (Lipinski definition) is 8. The van der Waals surface area contributed by atoms with Crippen molar-refractivity contribution >= 4 is 6.09 Å². The van der Waals surface area contributed by atoms with Gasteiger partial charge in [0.1, 0.15) is 24.1 Å². The third kappa shape index (κ3) is 8.44. The summed E-state index contributed by atoms with van der Waals surface area (Å²) >= 11 is 0. The molecule has 188 valence electrons. The van der Waals surface area contributed by atoms with E-state index in [-0.39, 0.29) is 24.9 Å². The quantitative estimate of drug-likeness (QED) is 0.580. The molecule has 3 atom stereocenters. The van der Waals surface area contributed by atoms with E-state index >= 15 is 0 Å². The molecule has 9 nitrogen and oxygen atoms in total. The average Bonchev–Trinajstić information content (AvgIpc) is 2.76. The van der Waals surface area contributed by atoms with E-state index in [1.807, 2.05) is 20.8 Å². The lowest BCUT2D eigenvalue weighted by Crippen LogP contribution is -2.60. The molecule has 1 aromatic carbocycles. The minimum Gasteiger partial charge on any atom is -0.491 e. The van der Waals surface area contributed by atoms with Crippen molar-refractivity contribution in [3.05, 3.63) is 29.8 Å². The number of aliphatic hydroxyl groups excluding tert-OH is 1. The van der Waals surface area contributed by atoms with Gasteiger partial charge in [-0.25, -0.2) is 4.79 Å². The fraction of sp³-hybridized carbons (Fsp3) is 0.680. The fourth-order valence-corrected chi connectivity index (χ4v) is 4.32. The monoisotopic (exact) mass is 474 g/mol. The molecule has 2 fully saturated rings. The van der Waals surface area contributed by atoms with Gasteiger partial charge in [-0.05, 0) is 51.5 Å². The molecule has 0 aliphatic carbocycles. The second-order valence-electron chi connectivity index (χ2n) is 10.2. The van der Waals surface area contributed by atoms with Crippen molar-refractivity contribution < 1.29 is 24.1 Å². The van der Waals surface area contributed by atoms with E-state index in [0.29, 0.717) is 24.4 Å². The van der Waals surface area contributed by atoms with Crippen LogP contribution in [0.25, 0.3) is 0 Å². The minimum absolute atomic E-state index is 0.114. The van der Waals surface area contributed by atoms with E-state index in [2.05, 4.69) is 15.9 Å². The van der Waals surface area contributed by atoms with Gasteiger partial charge in [-0.3, -0.25) is 9.80 Å². The van der Waals surface area contributed by atoms with E-state index in [1.165, 1.54) is 0 Å². The van der Waals surface area contributed by atoms with Crippen LogP contribution in [-0.2, 0) is 9.47 Å². The highest BCUT2D eigenvalue weighted by Crippen LogP contribution is 2.20. The molecule has 2 aliphatic heterocycles. The van der Waals surface area contributed by atoms with Gasteiger partial charge in [-0.2, -0.15) is 5.26 Å². The summed E-state index contributed by atoms with van der Waals surface area (Å²) in [5.74, 6) is 0.643. The van der Waals surface area contributed by atoms with Crippen LogP contribution in [0.1, 0.15) is 32.8 Å². The van der Waals surface area contributed by atoms with Crippen LogP contribution in [0.5, 0.6) is 5.75 Å². The minimum atomic E-state index is -0.603. The van der Waals surface area contributed by atoms with Gasteiger partial charge in [0.2, 0.25) is 0 Å². The van der Waals surface area contributed by atoms with Crippen molar-refractivity contribution in [2.24, 2.45) is 0 Å². The predicted molar refractivity (Wildman–Crippen MR) is 128 cm³/mol. The van der Waals surface area contributed by atoms with Gasteiger partial charge in [0, 0.05) is 52.9 Å². The molecule has 1 amide bonds. The van der Waals surface area contributed by atoms with Crippen molar-refractivity contribution in [3.8, 4) is 11.8 Å². The molecule has 3 rings (SSSR count). The molecule has 2 saturated heterocycles. The van der Waals surface area contributed by atoms with Crippen LogP contribution in [0.2, 0.25) is 0 Å². The lowest BCUT2D eigenvalue weighted by Gasteiger charge is -2.46. The molecule has 2 heterocycles. The third-order valence-electron chi connectivity index (χ3n) is 5.80. The van der Waals surface area contributed by atoms with Crippen molar-refractivity contribution in [2.45, 2.75) is 51.1 Å². The topological polar surface area (TPSA) is 98.5 Å². The van der Waals surface area contributed by atoms with E-state index in [9.17, 15) is 9.90 Å². The Hall–Kier alpha value is -2.38. The summed E-state index contributed by atoms with van der Waals surface area (Å²) in [6.07, 6.45) is 0.215. The number of ether oxygens (including phenoxy) is 3. The fourth-order valence-electron chi connectivity index (χ4n) is 4.32. The molecule has 0 aromatic heterocycles. The van der Waals surface area contributed by atoms with Gasteiger partial charge in [0.05, 0.1) is 23.8 Å². The summed E-state index contributed by atoms with van der Waals surface area (Å²) < 4.78 is 17.2. The van der Waals surface area contributed by atoms with Gasteiger partial charge >= 0.3 is 6.09 Å². The maximum atomic E-state index is 12.1. The lowest BCUT2D eigenvalue weighted by atomic mass is 10.1. The molecule has 9 heteroatoms. The van der Waals surface area contributed by atoms with Crippen LogP contribution in [0, 0.1) is 11.3 Å². The number of rotatable bonds is 9. The van der Waals surface area contributed by atoms with E-state index in [0.717, 1.165) is 39.1 Å². The lowest BCUT2D eigenvalue weighted by molar-refractivity contribution is -0.143. The highest BCUT2D eigenvalue weighted by Gasteiger charge is 2.35.